The second-order valence-electron chi connectivity index (χ2n) is 6.15. The van der Waals surface area contributed by atoms with Crippen LogP contribution in [0.5, 0.6) is 11.5 Å². The Morgan fingerprint density at radius 1 is 0.964 bits per heavy atom. The van der Waals surface area contributed by atoms with Crippen molar-refractivity contribution in [2.45, 2.75) is 6.92 Å². The van der Waals surface area contributed by atoms with Gasteiger partial charge in [0.05, 0.1) is 0 Å². The number of hydrogen-bond acceptors (Lipinski definition) is 4. The number of phenols is 1. The van der Waals surface area contributed by atoms with Crippen molar-refractivity contribution in [3.05, 3.63) is 94.0 Å². The summed E-state index contributed by atoms with van der Waals surface area (Å²) >= 11 is 3.41. The number of phenolic OH excluding ortho intramolecular Hbond substituents is 1. The predicted octanol–water partition coefficient (Wildman–Crippen LogP) is 4.68. The molecule has 0 aliphatic heterocycles. The maximum absolute atomic E-state index is 12.3. The molecule has 0 aromatic heterocycles. The molecule has 142 valence electrons. The number of hydrazone groups is 1. The van der Waals surface area contributed by atoms with Crippen LogP contribution >= 0.6 is 15.9 Å². The Labute approximate surface area is 171 Å². The molecular formula is C22H19BrN2O3. The van der Waals surface area contributed by atoms with E-state index in [0.29, 0.717) is 11.3 Å². The molecule has 0 bridgehead atoms. The summed E-state index contributed by atoms with van der Waals surface area (Å²) in [6.45, 7) is 2.21. The Balaban J connectivity index is 1.77. The van der Waals surface area contributed by atoms with Crippen LogP contribution in [-0.2, 0) is 0 Å². The third-order valence-electron chi connectivity index (χ3n) is 4.00. The molecule has 0 spiro atoms. The van der Waals surface area contributed by atoms with E-state index in [0.717, 1.165) is 21.3 Å². The quantitative estimate of drug-likeness (QED) is 0.433. The van der Waals surface area contributed by atoms with Gasteiger partial charge in [-0.3, -0.25) is 4.79 Å². The highest BCUT2D eigenvalue weighted by atomic mass is 79.9. The topological polar surface area (TPSA) is 70.9 Å². The fourth-order valence-electron chi connectivity index (χ4n) is 2.40. The van der Waals surface area contributed by atoms with Crippen LogP contribution in [-0.4, -0.2) is 23.3 Å². The van der Waals surface area contributed by atoms with Crippen molar-refractivity contribution in [2.75, 3.05) is 6.61 Å². The van der Waals surface area contributed by atoms with Crippen LogP contribution in [0.1, 0.15) is 21.5 Å². The molecule has 0 atom stereocenters. The van der Waals surface area contributed by atoms with E-state index >= 15 is 0 Å². The van der Waals surface area contributed by atoms with E-state index in [4.69, 9.17) is 4.74 Å². The second kappa shape index (κ2) is 9.19. The summed E-state index contributed by atoms with van der Waals surface area (Å²) in [6, 6.07) is 21.3. The van der Waals surface area contributed by atoms with Crippen molar-refractivity contribution in [3.8, 4) is 11.5 Å². The van der Waals surface area contributed by atoms with Gasteiger partial charge in [-0.05, 0) is 55.5 Å². The molecule has 0 unspecified atom stereocenters. The van der Waals surface area contributed by atoms with Crippen LogP contribution in [0, 0.1) is 6.92 Å². The first-order chi connectivity index (χ1) is 13.5. The summed E-state index contributed by atoms with van der Waals surface area (Å²) in [7, 11) is 0. The van der Waals surface area contributed by atoms with E-state index in [9.17, 15) is 9.90 Å². The molecule has 0 fully saturated rings. The van der Waals surface area contributed by atoms with Gasteiger partial charge in [0, 0.05) is 15.6 Å². The summed E-state index contributed by atoms with van der Waals surface area (Å²) < 4.78 is 6.78. The van der Waals surface area contributed by atoms with Gasteiger partial charge in [0.25, 0.3) is 5.91 Å². The van der Waals surface area contributed by atoms with Crippen molar-refractivity contribution < 1.29 is 14.6 Å². The standard InChI is InChI=1S/C22H19BrN2O3/c1-15-2-12-20(13-3-15)28-14-21(16-4-8-18(23)9-5-16)24-25-22(27)17-6-10-19(26)11-7-17/h2-13,26H,14H2,1H3,(H,25,27)/b24-21-. The van der Waals surface area contributed by atoms with Gasteiger partial charge in [-0.2, -0.15) is 5.10 Å². The smallest absolute Gasteiger partial charge is 0.271 e. The Morgan fingerprint density at radius 3 is 2.21 bits per heavy atom. The van der Waals surface area contributed by atoms with Gasteiger partial charge in [0.2, 0.25) is 0 Å². The number of carbonyl (C=O) groups excluding carboxylic acids is 1. The molecule has 5 nitrogen and oxygen atoms in total. The average Bonchev–Trinajstić information content (AvgIpc) is 2.70. The zero-order chi connectivity index (χ0) is 19.9. The second-order valence-corrected chi connectivity index (χ2v) is 7.07. The highest BCUT2D eigenvalue weighted by Gasteiger charge is 2.09. The van der Waals surface area contributed by atoms with Gasteiger partial charge in [0.15, 0.2) is 0 Å². The number of aryl methyl sites for hydroxylation is 1. The first-order valence-electron chi connectivity index (χ1n) is 8.62. The van der Waals surface area contributed by atoms with Gasteiger partial charge in [-0.25, -0.2) is 5.43 Å². The highest BCUT2D eigenvalue weighted by molar-refractivity contribution is 9.10. The van der Waals surface area contributed by atoms with Crippen molar-refractivity contribution in [2.24, 2.45) is 5.10 Å². The largest absolute Gasteiger partial charge is 0.508 e. The number of aromatic hydroxyl groups is 1. The molecule has 6 heteroatoms. The van der Waals surface area contributed by atoms with E-state index in [-0.39, 0.29) is 18.3 Å². The molecule has 3 aromatic carbocycles. The van der Waals surface area contributed by atoms with Crippen LogP contribution in [0.15, 0.2) is 82.4 Å². The van der Waals surface area contributed by atoms with E-state index in [1.165, 1.54) is 24.3 Å². The van der Waals surface area contributed by atoms with E-state index < -0.39 is 0 Å². The zero-order valence-electron chi connectivity index (χ0n) is 15.2. The molecule has 0 aliphatic rings. The van der Waals surface area contributed by atoms with Crippen LogP contribution < -0.4 is 10.2 Å². The SMILES string of the molecule is Cc1ccc(OC/C(=N/NC(=O)c2ccc(O)cc2)c2ccc(Br)cc2)cc1. The van der Waals surface area contributed by atoms with Gasteiger partial charge in [-0.1, -0.05) is 45.8 Å². The molecule has 0 heterocycles. The Bertz CT molecular complexity index is 966. The van der Waals surface area contributed by atoms with E-state index in [2.05, 4.69) is 26.5 Å². The molecule has 0 radical (unpaired) electrons. The number of carbonyl (C=O) groups is 1. The van der Waals surface area contributed by atoms with Crippen molar-refractivity contribution in [1.29, 1.82) is 0 Å². The average molecular weight is 439 g/mol. The molecule has 1 amide bonds. The van der Waals surface area contributed by atoms with Gasteiger partial charge < -0.3 is 9.84 Å². The summed E-state index contributed by atoms with van der Waals surface area (Å²) in [5, 5.41) is 13.6. The van der Waals surface area contributed by atoms with Gasteiger partial charge in [0.1, 0.15) is 23.8 Å². The molecule has 28 heavy (non-hydrogen) atoms. The summed E-state index contributed by atoms with van der Waals surface area (Å²) in [6.07, 6.45) is 0. The zero-order valence-corrected chi connectivity index (χ0v) is 16.8. The van der Waals surface area contributed by atoms with Gasteiger partial charge in [-0.15, -0.1) is 0 Å². The first-order valence-corrected chi connectivity index (χ1v) is 9.42. The Morgan fingerprint density at radius 2 is 1.57 bits per heavy atom. The maximum Gasteiger partial charge on any atom is 0.271 e. The molecule has 2 N–H and O–H groups in total. The number of ether oxygens (including phenoxy) is 1. The Hall–Kier alpha value is -3.12. The molecule has 0 aliphatic carbocycles. The normalized spacial score (nSPS) is 11.1. The monoisotopic (exact) mass is 438 g/mol. The van der Waals surface area contributed by atoms with Crippen molar-refractivity contribution in [3.63, 3.8) is 0 Å². The number of nitrogens with one attached hydrogen (secondary N) is 1. The van der Waals surface area contributed by atoms with Crippen LogP contribution in [0.3, 0.4) is 0 Å². The molecular weight excluding hydrogens is 420 g/mol. The number of hydrogen-bond donors (Lipinski definition) is 2. The van der Waals surface area contributed by atoms with Gasteiger partial charge >= 0.3 is 0 Å². The Kier molecular flexibility index (Phi) is 6.45. The van der Waals surface area contributed by atoms with Crippen LogP contribution in [0.25, 0.3) is 0 Å². The van der Waals surface area contributed by atoms with Crippen molar-refractivity contribution >= 4 is 27.5 Å². The van der Waals surface area contributed by atoms with Crippen LogP contribution in [0.2, 0.25) is 0 Å². The molecule has 3 aromatic rings. The minimum Gasteiger partial charge on any atom is -0.508 e. The lowest BCUT2D eigenvalue weighted by atomic mass is 10.1. The minimum atomic E-state index is -0.370. The number of amides is 1. The minimum absolute atomic E-state index is 0.0992. The first kappa shape index (κ1) is 19.6. The third-order valence-corrected chi connectivity index (χ3v) is 4.52. The highest BCUT2D eigenvalue weighted by Crippen LogP contribution is 2.15. The lowest BCUT2D eigenvalue weighted by Crippen LogP contribution is -2.23. The predicted molar refractivity (Wildman–Crippen MR) is 113 cm³/mol. The molecule has 0 saturated carbocycles. The number of rotatable bonds is 6. The fourth-order valence-corrected chi connectivity index (χ4v) is 2.67. The van der Waals surface area contributed by atoms with E-state index in [1.807, 2.05) is 55.5 Å². The number of nitrogens with zero attached hydrogens (tertiary/aromatic N) is 1. The summed E-state index contributed by atoms with van der Waals surface area (Å²) in [5.41, 5.74) is 5.52. The number of benzene rings is 3. The molecule has 3 rings (SSSR count). The maximum atomic E-state index is 12.3. The summed E-state index contributed by atoms with van der Waals surface area (Å²) in [5.74, 6) is 0.451. The molecule has 0 saturated heterocycles. The van der Waals surface area contributed by atoms with Crippen LogP contribution in [0.4, 0.5) is 0 Å². The lowest BCUT2D eigenvalue weighted by molar-refractivity contribution is 0.0954. The fraction of sp³-hybridized carbons (Fsp3) is 0.0909. The van der Waals surface area contributed by atoms with Crippen molar-refractivity contribution in [1.82, 2.24) is 5.43 Å². The van der Waals surface area contributed by atoms with E-state index in [1.54, 1.807) is 0 Å². The summed E-state index contributed by atoms with van der Waals surface area (Å²) in [4.78, 5) is 12.3. The lowest BCUT2D eigenvalue weighted by Gasteiger charge is -2.10. The number of halogens is 1. The third kappa shape index (κ3) is 5.44.